The third-order valence-corrected chi connectivity index (χ3v) is 13.6. The van der Waals surface area contributed by atoms with Gasteiger partial charge in [-0.05, 0) is 151 Å². The molecule has 0 radical (unpaired) electrons. The van der Waals surface area contributed by atoms with E-state index in [2.05, 4.69) is 90.9 Å². The Morgan fingerprint density at radius 2 is 0.694 bits per heavy atom. The molecule has 0 aromatic heterocycles. The van der Waals surface area contributed by atoms with Crippen LogP contribution in [0.3, 0.4) is 0 Å². The molecule has 0 spiro atoms. The number of benzene rings is 7. The molecule has 0 aliphatic rings. The second-order valence-electron chi connectivity index (χ2n) is 14.3. The summed E-state index contributed by atoms with van der Waals surface area (Å²) in [5, 5.41) is 0. The van der Waals surface area contributed by atoms with Gasteiger partial charge in [0.25, 0.3) is 0 Å². The van der Waals surface area contributed by atoms with Crippen molar-refractivity contribution in [1.29, 1.82) is 0 Å². The maximum Gasteiger partial charge on any atom is 0.335 e. The van der Waals surface area contributed by atoms with Crippen LogP contribution in [0.4, 0.5) is 17.1 Å². The molecule has 0 unspecified atom stereocenters. The van der Waals surface area contributed by atoms with Crippen LogP contribution < -0.4 is 14.4 Å². The summed E-state index contributed by atoms with van der Waals surface area (Å²) in [5.41, 5.74) is 8.06. The molecule has 62 heavy (non-hydrogen) atoms. The van der Waals surface area contributed by atoms with Gasteiger partial charge in [-0.15, -0.1) is 0 Å². The molecule has 7 aromatic carbocycles. The SMILES string of the molecule is C=CC(=O)Oc1ccc(S(=O)(=O)c2ccc(Cc3ccc(N(c4ccc(C)cc4)c4ccc(Cc5ccc(S(=O)(=O)c6ccc(OC(=O)C=C)cc6)cc5)cc4)cc3)cc2)cc1. The molecule has 0 aliphatic carbocycles. The number of carbonyl (C=O) groups is 2. The van der Waals surface area contributed by atoms with Gasteiger partial charge in [-0.25, -0.2) is 26.4 Å². The molecular weight excluding hydrogens is 819 g/mol. The molecule has 9 nitrogen and oxygen atoms in total. The van der Waals surface area contributed by atoms with Crippen molar-refractivity contribution >= 4 is 48.7 Å². The Labute approximate surface area is 361 Å². The van der Waals surface area contributed by atoms with Crippen molar-refractivity contribution in [3.05, 3.63) is 223 Å². The summed E-state index contributed by atoms with van der Waals surface area (Å²) >= 11 is 0. The Morgan fingerprint density at radius 3 is 0.984 bits per heavy atom. The number of hydrogen-bond acceptors (Lipinski definition) is 9. The standard InChI is InChI=1S/C51H41NO8S2/c1-4-50(53)59-44-22-30-48(31-23-44)61(55,56)46-26-12-39(13-27-46)34-37-8-18-42(19-9-37)52(41-16-6-36(3)7-17-41)43-20-10-38(11-21-43)35-40-14-28-47(29-15-40)62(57,58)49-32-24-45(25-33-49)60-51(54)5-2/h4-33H,1-2,34-35H2,3H3. The first-order valence-electron chi connectivity index (χ1n) is 19.4. The zero-order valence-corrected chi connectivity index (χ0v) is 35.3. The normalized spacial score (nSPS) is 11.3. The van der Waals surface area contributed by atoms with Gasteiger partial charge in [0.15, 0.2) is 0 Å². The molecular formula is C51H41NO8S2. The lowest BCUT2D eigenvalue weighted by Crippen LogP contribution is -2.10. The predicted octanol–water partition coefficient (Wildman–Crippen LogP) is 10.5. The van der Waals surface area contributed by atoms with E-state index in [-0.39, 0.29) is 31.1 Å². The lowest BCUT2D eigenvalue weighted by Gasteiger charge is -2.26. The summed E-state index contributed by atoms with van der Waals surface area (Å²) in [5.74, 6) is -0.809. The second-order valence-corrected chi connectivity index (χ2v) is 18.2. The first-order chi connectivity index (χ1) is 29.8. The lowest BCUT2D eigenvalue weighted by atomic mass is 10.0. The Morgan fingerprint density at radius 1 is 0.435 bits per heavy atom. The van der Waals surface area contributed by atoms with Gasteiger partial charge in [-0.3, -0.25) is 0 Å². The summed E-state index contributed by atoms with van der Waals surface area (Å²) < 4.78 is 63.3. The minimum atomic E-state index is -3.79. The number of anilines is 3. The number of aryl methyl sites for hydroxylation is 1. The van der Waals surface area contributed by atoms with Gasteiger partial charge in [0.1, 0.15) is 11.5 Å². The summed E-state index contributed by atoms with van der Waals surface area (Å²) in [6.07, 6.45) is 3.26. The maximum atomic E-state index is 13.3. The van der Waals surface area contributed by atoms with Gasteiger partial charge >= 0.3 is 11.9 Å². The number of esters is 2. The molecule has 7 rings (SSSR count). The lowest BCUT2D eigenvalue weighted by molar-refractivity contribution is -0.129. The molecule has 0 fully saturated rings. The van der Waals surface area contributed by atoms with Crippen molar-refractivity contribution in [3.63, 3.8) is 0 Å². The van der Waals surface area contributed by atoms with E-state index in [0.29, 0.717) is 12.8 Å². The second kappa shape index (κ2) is 18.5. The molecule has 11 heteroatoms. The van der Waals surface area contributed by atoms with Crippen LogP contribution >= 0.6 is 0 Å². The first kappa shape index (κ1) is 42.8. The van der Waals surface area contributed by atoms with E-state index in [4.69, 9.17) is 9.47 Å². The fourth-order valence-corrected chi connectivity index (χ4v) is 9.19. The topological polar surface area (TPSA) is 124 Å². The van der Waals surface area contributed by atoms with Crippen LogP contribution in [-0.4, -0.2) is 28.8 Å². The molecule has 0 amide bonds. The summed E-state index contributed by atoms with van der Waals surface area (Å²) in [4.78, 5) is 25.6. The molecule has 0 aliphatic heterocycles. The summed E-state index contributed by atoms with van der Waals surface area (Å²) in [7, 11) is -7.57. The van der Waals surface area contributed by atoms with Crippen LogP contribution in [0.25, 0.3) is 0 Å². The van der Waals surface area contributed by atoms with Gasteiger partial charge in [-0.2, -0.15) is 0 Å². The van der Waals surface area contributed by atoms with Gasteiger partial charge in [0, 0.05) is 29.2 Å². The third kappa shape index (κ3) is 9.98. The minimum Gasteiger partial charge on any atom is -0.423 e. The van der Waals surface area contributed by atoms with E-state index < -0.39 is 31.6 Å². The van der Waals surface area contributed by atoms with Crippen molar-refractivity contribution in [1.82, 2.24) is 0 Å². The predicted molar refractivity (Wildman–Crippen MR) is 240 cm³/mol. The Balaban J connectivity index is 1.03. The van der Waals surface area contributed by atoms with Crippen LogP contribution in [0.1, 0.15) is 27.8 Å². The minimum absolute atomic E-state index is 0.0879. The van der Waals surface area contributed by atoms with E-state index in [1.807, 2.05) is 31.2 Å². The van der Waals surface area contributed by atoms with E-state index in [1.165, 1.54) is 48.5 Å². The number of carbonyl (C=O) groups excluding carboxylic acids is 2. The van der Waals surface area contributed by atoms with Crippen molar-refractivity contribution in [2.24, 2.45) is 0 Å². The molecule has 0 N–H and O–H groups in total. The Kier molecular flexibility index (Phi) is 12.8. The highest BCUT2D eigenvalue weighted by atomic mass is 32.2. The van der Waals surface area contributed by atoms with Gasteiger partial charge in [0.2, 0.25) is 19.7 Å². The van der Waals surface area contributed by atoms with Gasteiger partial charge < -0.3 is 14.4 Å². The van der Waals surface area contributed by atoms with Gasteiger partial charge in [0.05, 0.1) is 19.6 Å². The first-order valence-corrected chi connectivity index (χ1v) is 22.4. The molecule has 0 bridgehead atoms. The summed E-state index contributed by atoms with van der Waals surface area (Å²) in [6.45, 7) is 8.77. The highest BCUT2D eigenvalue weighted by Crippen LogP contribution is 2.35. The third-order valence-electron chi connectivity index (χ3n) is 10.0. The molecule has 7 aromatic rings. The van der Waals surface area contributed by atoms with Crippen LogP contribution in [0.15, 0.2) is 215 Å². The average molecular weight is 860 g/mol. The Bertz CT molecular complexity index is 2760. The van der Waals surface area contributed by atoms with Crippen LogP contribution in [0.2, 0.25) is 0 Å². The smallest absolute Gasteiger partial charge is 0.335 e. The van der Waals surface area contributed by atoms with Gasteiger partial charge in [-0.1, -0.05) is 79.4 Å². The zero-order chi connectivity index (χ0) is 43.9. The quantitative estimate of drug-likeness (QED) is 0.0563. The maximum absolute atomic E-state index is 13.3. The molecule has 0 saturated carbocycles. The van der Waals surface area contributed by atoms with Crippen molar-refractivity contribution in [2.75, 3.05) is 4.90 Å². The molecule has 310 valence electrons. The van der Waals surface area contributed by atoms with Crippen molar-refractivity contribution in [3.8, 4) is 11.5 Å². The van der Waals surface area contributed by atoms with Crippen LogP contribution in [0.5, 0.6) is 11.5 Å². The van der Waals surface area contributed by atoms with E-state index in [9.17, 15) is 26.4 Å². The number of rotatable bonds is 15. The summed E-state index contributed by atoms with van der Waals surface area (Å²) in [6, 6.07) is 49.8. The van der Waals surface area contributed by atoms with E-state index >= 15 is 0 Å². The monoisotopic (exact) mass is 859 g/mol. The fourth-order valence-electron chi connectivity index (χ4n) is 6.67. The van der Waals surface area contributed by atoms with Crippen molar-refractivity contribution < 1.29 is 35.9 Å². The number of sulfone groups is 2. The highest BCUT2D eigenvalue weighted by Gasteiger charge is 2.20. The van der Waals surface area contributed by atoms with Crippen LogP contribution in [0, 0.1) is 6.92 Å². The average Bonchev–Trinajstić information content (AvgIpc) is 3.29. The number of hydrogen-bond donors (Lipinski definition) is 0. The molecule has 0 heterocycles. The number of ether oxygens (including phenoxy) is 2. The number of nitrogens with zero attached hydrogens (tertiary/aromatic N) is 1. The fraction of sp³-hybridized carbons (Fsp3) is 0.0588. The Hall–Kier alpha value is -7.34. The highest BCUT2D eigenvalue weighted by molar-refractivity contribution is 7.91. The zero-order valence-electron chi connectivity index (χ0n) is 33.7. The van der Waals surface area contributed by atoms with Crippen molar-refractivity contribution in [2.45, 2.75) is 39.3 Å². The molecule has 0 saturated heterocycles. The van der Waals surface area contributed by atoms with E-state index in [0.717, 1.165) is 57.0 Å². The van der Waals surface area contributed by atoms with E-state index in [1.54, 1.807) is 24.3 Å². The molecule has 0 atom stereocenters. The van der Waals surface area contributed by atoms with Crippen LogP contribution in [-0.2, 0) is 42.1 Å². The largest absolute Gasteiger partial charge is 0.423 e.